The predicted molar refractivity (Wildman–Crippen MR) is 200 cm³/mol. The molecule has 0 aliphatic carbocycles. The second-order valence-corrected chi connectivity index (χ2v) is 15.5. The van der Waals surface area contributed by atoms with E-state index in [-0.39, 0.29) is 65.8 Å². The number of ether oxygens (including phenoxy) is 2. The van der Waals surface area contributed by atoms with Crippen molar-refractivity contribution >= 4 is 27.5 Å². The third-order valence-corrected chi connectivity index (χ3v) is 11.7. The molecule has 2 aromatic heterocycles. The highest BCUT2D eigenvalue weighted by molar-refractivity contribution is 6.02. The van der Waals surface area contributed by atoms with Gasteiger partial charge in [0.05, 0.1) is 28.8 Å². The Morgan fingerprint density at radius 2 is 1.62 bits per heavy atom. The van der Waals surface area contributed by atoms with Crippen LogP contribution in [0.3, 0.4) is 0 Å². The van der Waals surface area contributed by atoms with E-state index in [9.17, 15) is 43.9 Å². The molecule has 4 aromatic rings. The van der Waals surface area contributed by atoms with Crippen LogP contribution in [-0.2, 0) is 11.2 Å². The summed E-state index contributed by atoms with van der Waals surface area (Å²) < 4.78 is 165. The average molecular weight is 859 g/mol. The van der Waals surface area contributed by atoms with Crippen LogP contribution in [0.2, 0.25) is 0 Å². The Morgan fingerprint density at radius 3 is 2.30 bits per heavy atom. The highest BCUT2D eigenvalue weighted by Crippen LogP contribution is 2.55. The molecule has 8 nitrogen and oxygen atoms in total. The van der Waals surface area contributed by atoms with Crippen LogP contribution in [0.25, 0.3) is 32.9 Å². The van der Waals surface area contributed by atoms with E-state index in [4.69, 9.17) is 21.1 Å². The van der Waals surface area contributed by atoms with E-state index in [2.05, 4.69) is 34.8 Å². The number of benzene rings is 2. The van der Waals surface area contributed by atoms with Crippen molar-refractivity contribution in [2.24, 2.45) is 0 Å². The van der Waals surface area contributed by atoms with Gasteiger partial charge in [0.25, 0.3) is 0 Å². The van der Waals surface area contributed by atoms with Gasteiger partial charge in [-0.1, -0.05) is 50.5 Å². The molecule has 0 spiro atoms. The van der Waals surface area contributed by atoms with Crippen molar-refractivity contribution in [1.82, 2.24) is 25.2 Å². The molecule has 8 rings (SSSR count). The molecule has 0 radical (unpaired) electrons. The summed E-state index contributed by atoms with van der Waals surface area (Å²) in [5.41, 5.74) is -7.05. The zero-order valence-electron chi connectivity index (χ0n) is 32.5. The highest BCUT2D eigenvalue weighted by Gasteiger charge is 2.85. The number of rotatable bonds is 7. The lowest BCUT2D eigenvalue weighted by atomic mass is 9.95. The third kappa shape index (κ3) is 7.25. The molecule has 19 heteroatoms. The Kier molecular flexibility index (Phi) is 11.7. The van der Waals surface area contributed by atoms with Crippen molar-refractivity contribution in [2.75, 3.05) is 44.3 Å². The lowest BCUT2D eigenvalue weighted by Crippen LogP contribution is -2.68. The van der Waals surface area contributed by atoms with E-state index in [0.29, 0.717) is 67.6 Å². The Hall–Kier alpha value is -4.54. The van der Waals surface area contributed by atoms with Crippen molar-refractivity contribution in [3.8, 4) is 29.6 Å². The molecule has 1 N–H and O–H groups in total. The van der Waals surface area contributed by atoms with Crippen LogP contribution in [0, 0.1) is 24.0 Å². The standard InChI is InChI=1S/C38H33F11N6O2.C3H8/c1-2-23-25(39)9-7-20-5-3-6-24(27(20)23)30-29(40)31-28-26(51-30)10-8-21-17-50-14-16-54(21)32(28)53-33(52-31)56-19-34-12-4-15-55(34)22(11-13-34)18-57-35(36(41,42)43,37(44,45)46)38(47,48)49;1-3-2/h1,3,5-7,9,21-22,50H,4,8,10-19H2;3H2,1-2H3/t21?,22-,34?;/m0./s1. The van der Waals surface area contributed by atoms with E-state index in [1.54, 1.807) is 18.2 Å². The number of alkyl halides is 9. The van der Waals surface area contributed by atoms with E-state index in [1.807, 2.05) is 4.90 Å². The Bertz CT molecular complexity index is 2260. The largest absolute Gasteiger partial charge is 0.461 e. The number of pyridine rings is 1. The van der Waals surface area contributed by atoms with Gasteiger partial charge in [0.1, 0.15) is 29.5 Å². The summed E-state index contributed by atoms with van der Waals surface area (Å²) in [5, 5.41) is 4.51. The maximum absolute atomic E-state index is 17.1. The maximum atomic E-state index is 17.1. The van der Waals surface area contributed by atoms with Crippen LogP contribution in [-0.4, -0.2) is 101 Å². The minimum atomic E-state index is -6.85. The van der Waals surface area contributed by atoms with Crippen LogP contribution < -0.4 is 15.0 Å². The zero-order chi connectivity index (χ0) is 43.4. The molecule has 3 saturated heterocycles. The number of nitrogens with one attached hydrogen (secondary N) is 1. The minimum absolute atomic E-state index is 0.0765. The first-order valence-electron chi connectivity index (χ1n) is 19.6. The van der Waals surface area contributed by atoms with Crippen molar-refractivity contribution in [2.45, 2.75) is 101 Å². The number of fused-ring (bicyclic) bond motifs is 4. The smallest absolute Gasteiger partial charge is 0.435 e. The van der Waals surface area contributed by atoms with Crippen LogP contribution in [0.4, 0.5) is 54.1 Å². The molecule has 60 heavy (non-hydrogen) atoms. The van der Waals surface area contributed by atoms with E-state index in [0.717, 1.165) is 0 Å². The number of hydrogen-bond acceptors (Lipinski definition) is 8. The topological polar surface area (TPSA) is 75.6 Å². The van der Waals surface area contributed by atoms with Gasteiger partial charge < -0.3 is 19.7 Å². The summed E-state index contributed by atoms with van der Waals surface area (Å²) in [6.07, 6.45) is -11.8. The first-order valence-corrected chi connectivity index (χ1v) is 19.6. The quantitative estimate of drug-likeness (QED) is 0.146. The fourth-order valence-electron chi connectivity index (χ4n) is 9.07. The number of terminal acetylenes is 1. The van der Waals surface area contributed by atoms with Gasteiger partial charge in [-0.2, -0.15) is 49.5 Å². The fraction of sp³-hybridized carbons (Fsp3) is 0.537. The van der Waals surface area contributed by atoms with Gasteiger partial charge in [-0.25, -0.2) is 13.8 Å². The molecule has 2 unspecified atom stereocenters. The number of nitrogens with zero attached hydrogens (tertiary/aromatic N) is 5. The first kappa shape index (κ1) is 43.5. The minimum Gasteiger partial charge on any atom is -0.461 e. The Balaban J connectivity index is 0.00000176. The summed E-state index contributed by atoms with van der Waals surface area (Å²) in [6.45, 7) is 4.27. The summed E-state index contributed by atoms with van der Waals surface area (Å²) in [4.78, 5) is 17.5. The second-order valence-electron chi connectivity index (χ2n) is 15.5. The molecule has 4 aliphatic heterocycles. The summed E-state index contributed by atoms with van der Waals surface area (Å²) in [5.74, 6) is 1.17. The normalized spacial score (nSPS) is 22.2. The SMILES string of the molecule is C#Cc1c(F)ccc2cccc(-c3nc4c5c(nc(OCC67CCCN6[C@H](COC(C(F)(F)F)(C(F)(F)F)C(F)(F)F)CC7)nc5c3F)N3CCNCC3CC4)c12.CCC. The Morgan fingerprint density at radius 1 is 0.900 bits per heavy atom. The number of aryl methyl sites for hydroxylation is 1. The monoisotopic (exact) mass is 858 g/mol. The van der Waals surface area contributed by atoms with Crippen LogP contribution in [0.1, 0.15) is 63.6 Å². The molecule has 2 aromatic carbocycles. The summed E-state index contributed by atoms with van der Waals surface area (Å²) >= 11 is 0. The number of halogens is 11. The maximum Gasteiger partial charge on any atom is 0.435 e. The van der Waals surface area contributed by atoms with Gasteiger partial charge in [-0.15, -0.1) is 6.42 Å². The van der Waals surface area contributed by atoms with E-state index < -0.39 is 54.0 Å². The highest BCUT2D eigenvalue weighted by atomic mass is 19.4. The van der Waals surface area contributed by atoms with Crippen molar-refractivity contribution < 1.29 is 57.8 Å². The van der Waals surface area contributed by atoms with Crippen LogP contribution in [0.15, 0.2) is 30.3 Å². The molecule has 3 atom stereocenters. The number of piperazine rings is 1. The predicted octanol–water partition coefficient (Wildman–Crippen LogP) is 9.06. The van der Waals surface area contributed by atoms with Gasteiger partial charge in [0, 0.05) is 42.7 Å². The molecular weight excluding hydrogens is 817 g/mol. The molecule has 0 amide bonds. The first-order chi connectivity index (χ1) is 28.3. The summed E-state index contributed by atoms with van der Waals surface area (Å²) in [7, 11) is 0. The van der Waals surface area contributed by atoms with Gasteiger partial charge in [0.2, 0.25) is 0 Å². The third-order valence-electron chi connectivity index (χ3n) is 11.7. The lowest BCUT2D eigenvalue weighted by Gasteiger charge is -2.40. The molecular formula is C41H41F11N6O2. The van der Waals surface area contributed by atoms with Gasteiger partial charge in [-0.3, -0.25) is 4.90 Å². The summed E-state index contributed by atoms with van der Waals surface area (Å²) in [6, 6.07) is 6.08. The fourth-order valence-corrected chi connectivity index (χ4v) is 9.07. The van der Waals surface area contributed by atoms with Gasteiger partial charge in [0.15, 0.2) is 5.82 Å². The molecule has 4 aliphatic rings. The molecule has 3 fully saturated rings. The van der Waals surface area contributed by atoms with Crippen molar-refractivity contribution in [3.63, 3.8) is 0 Å². The van der Waals surface area contributed by atoms with E-state index in [1.165, 1.54) is 23.5 Å². The number of aromatic nitrogens is 3. The molecule has 0 saturated carbocycles. The lowest BCUT2D eigenvalue weighted by molar-refractivity contribution is -0.458. The molecule has 0 bridgehead atoms. The van der Waals surface area contributed by atoms with Gasteiger partial charge >= 0.3 is 30.1 Å². The second kappa shape index (κ2) is 16.1. The Labute approximate surface area is 337 Å². The zero-order valence-corrected chi connectivity index (χ0v) is 32.5. The number of hydrogen-bond donors (Lipinski definition) is 1. The van der Waals surface area contributed by atoms with Crippen LogP contribution >= 0.6 is 0 Å². The molecule has 324 valence electrons. The van der Waals surface area contributed by atoms with Crippen LogP contribution in [0.5, 0.6) is 6.01 Å². The average Bonchev–Trinajstić information content (AvgIpc) is 3.70. The van der Waals surface area contributed by atoms with Crippen molar-refractivity contribution in [3.05, 3.63) is 53.2 Å². The number of anilines is 1. The molecule has 6 heterocycles. The van der Waals surface area contributed by atoms with Gasteiger partial charge in [-0.05, 0) is 56.5 Å². The van der Waals surface area contributed by atoms with E-state index >= 15 is 4.39 Å². The van der Waals surface area contributed by atoms with Crippen molar-refractivity contribution in [1.29, 1.82) is 0 Å².